The van der Waals surface area contributed by atoms with Crippen LogP contribution in [0.2, 0.25) is 0 Å². The lowest BCUT2D eigenvalue weighted by Gasteiger charge is -2.26. The quantitative estimate of drug-likeness (QED) is 0.438. The largest absolute Gasteiger partial charge is 0.359 e. The number of hydrogen-bond donors (Lipinski definition) is 1. The van der Waals surface area contributed by atoms with Gasteiger partial charge in [0.2, 0.25) is 0 Å². The van der Waals surface area contributed by atoms with Crippen molar-refractivity contribution in [3.63, 3.8) is 0 Å². The molecular weight excluding hydrogens is 383 g/mol. The van der Waals surface area contributed by atoms with Gasteiger partial charge in [0.05, 0.1) is 17.8 Å². The van der Waals surface area contributed by atoms with Gasteiger partial charge in [-0.05, 0) is 62.0 Å². The summed E-state index contributed by atoms with van der Waals surface area (Å²) < 4.78 is 15.7. The van der Waals surface area contributed by atoms with Crippen LogP contribution < -0.4 is 10.2 Å². The SMILES string of the molecule is C=CCNC(=S)N(Cc1nccc2c(C)c(C)n(CC=C)c12)c1ccc(F)cc1. The van der Waals surface area contributed by atoms with Gasteiger partial charge in [-0.2, -0.15) is 0 Å². The van der Waals surface area contributed by atoms with Gasteiger partial charge in [0.25, 0.3) is 0 Å². The van der Waals surface area contributed by atoms with Crippen molar-refractivity contribution in [1.82, 2.24) is 14.9 Å². The number of thiocarbonyl (C=S) groups is 1. The summed E-state index contributed by atoms with van der Waals surface area (Å²) in [5.74, 6) is -0.287. The maximum Gasteiger partial charge on any atom is 0.174 e. The molecule has 0 atom stereocenters. The number of nitrogens with zero attached hydrogens (tertiary/aromatic N) is 3. The Labute approximate surface area is 176 Å². The van der Waals surface area contributed by atoms with E-state index in [1.807, 2.05) is 23.2 Å². The van der Waals surface area contributed by atoms with Crippen LogP contribution in [0.5, 0.6) is 0 Å². The Morgan fingerprint density at radius 2 is 1.93 bits per heavy atom. The molecule has 1 N–H and O–H groups in total. The first-order chi connectivity index (χ1) is 14.0. The number of pyridine rings is 1. The predicted octanol–water partition coefficient (Wildman–Crippen LogP) is 5.05. The molecule has 3 rings (SSSR count). The topological polar surface area (TPSA) is 33.1 Å². The van der Waals surface area contributed by atoms with Crippen molar-refractivity contribution in [2.45, 2.75) is 26.9 Å². The van der Waals surface area contributed by atoms with Crippen LogP contribution in [-0.2, 0) is 13.1 Å². The molecule has 2 heterocycles. The third-order valence-electron chi connectivity index (χ3n) is 5.02. The molecule has 150 valence electrons. The average molecular weight is 409 g/mol. The Morgan fingerprint density at radius 3 is 2.59 bits per heavy atom. The first-order valence-electron chi connectivity index (χ1n) is 9.44. The van der Waals surface area contributed by atoms with Crippen molar-refractivity contribution in [2.75, 3.05) is 11.4 Å². The van der Waals surface area contributed by atoms with E-state index in [9.17, 15) is 4.39 Å². The Bertz CT molecular complexity index is 1050. The summed E-state index contributed by atoms with van der Waals surface area (Å²) in [6.45, 7) is 13.5. The van der Waals surface area contributed by atoms with Gasteiger partial charge in [-0.1, -0.05) is 12.2 Å². The zero-order chi connectivity index (χ0) is 21.0. The summed E-state index contributed by atoms with van der Waals surface area (Å²) in [4.78, 5) is 6.60. The van der Waals surface area contributed by atoms with E-state index in [0.29, 0.717) is 24.7 Å². The number of aryl methyl sites for hydroxylation is 1. The number of rotatable bonds is 7. The number of halogens is 1. The van der Waals surface area contributed by atoms with Crippen molar-refractivity contribution < 1.29 is 4.39 Å². The number of aromatic nitrogens is 2. The lowest BCUT2D eigenvalue weighted by molar-refractivity contribution is 0.627. The summed E-state index contributed by atoms with van der Waals surface area (Å²) >= 11 is 5.62. The molecule has 0 radical (unpaired) electrons. The number of hydrogen-bond acceptors (Lipinski definition) is 2. The average Bonchev–Trinajstić information content (AvgIpc) is 2.97. The van der Waals surface area contributed by atoms with Crippen molar-refractivity contribution in [3.8, 4) is 0 Å². The molecule has 0 unspecified atom stereocenters. The van der Waals surface area contributed by atoms with Gasteiger partial charge in [0, 0.05) is 36.1 Å². The van der Waals surface area contributed by atoms with Gasteiger partial charge >= 0.3 is 0 Å². The zero-order valence-electron chi connectivity index (χ0n) is 16.8. The fourth-order valence-corrected chi connectivity index (χ4v) is 3.70. The molecule has 0 saturated heterocycles. The minimum atomic E-state index is -0.287. The van der Waals surface area contributed by atoms with E-state index in [1.54, 1.807) is 18.2 Å². The summed E-state index contributed by atoms with van der Waals surface area (Å²) in [7, 11) is 0. The van der Waals surface area contributed by atoms with Crippen LogP contribution in [0.1, 0.15) is 17.0 Å². The molecule has 0 spiro atoms. The smallest absolute Gasteiger partial charge is 0.174 e. The maximum absolute atomic E-state index is 13.5. The lowest BCUT2D eigenvalue weighted by Crippen LogP contribution is -2.39. The molecule has 0 aliphatic heterocycles. The van der Waals surface area contributed by atoms with Crippen LogP contribution in [0.4, 0.5) is 10.1 Å². The number of fused-ring (bicyclic) bond motifs is 1. The van der Waals surface area contributed by atoms with E-state index in [2.05, 4.69) is 41.9 Å². The van der Waals surface area contributed by atoms with E-state index in [-0.39, 0.29) is 5.82 Å². The fraction of sp³-hybridized carbons (Fsp3) is 0.217. The monoisotopic (exact) mass is 408 g/mol. The molecule has 0 aliphatic rings. The Hall–Kier alpha value is -2.99. The van der Waals surface area contributed by atoms with E-state index >= 15 is 0 Å². The summed E-state index contributed by atoms with van der Waals surface area (Å²) in [5, 5.41) is 4.86. The predicted molar refractivity (Wildman–Crippen MR) is 123 cm³/mol. The van der Waals surface area contributed by atoms with Crippen molar-refractivity contribution >= 4 is 33.9 Å². The number of nitrogens with one attached hydrogen (secondary N) is 1. The number of allylic oxidation sites excluding steroid dienone is 1. The first kappa shape index (κ1) is 20.7. The highest BCUT2D eigenvalue weighted by Crippen LogP contribution is 2.29. The molecule has 1 aromatic carbocycles. The molecule has 0 bridgehead atoms. The molecule has 0 fully saturated rings. The second kappa shape index (κ2) is 9.01. The van der Waals surface area contributed by atoms with Crippen LogP contribution in [-0.4, -0.2) is 21.2 Å². The van der Waals surface area contributed by atoms with Gasteiger partial charge in [-0.15, -0.1) is 13.2 Å². The van der Waals surface area contributed by atoms with Crippen LogP contribution in [0.25, 0.3) is 10.9 Å². The standard InChI is InChI=1S/C23H25FN4S/c1-5-12-26-23(29)28(19-9-7-18(24)8-10-19)15-21-22-20(11-13-25-21)16(3)17(4)27(22)14-6-2/h5-11,13H,1-2,12,14-15H2,3-4H3,(H,26,29). The minimum absolute atomic E-state index is 0.287. The lowest BCUT2D eigenvalue weighted by atomic mass is 10.1. The van der Waals surface area contributed by atoms with Crippen LogP contribution in [0.3, 0.4) is 0 Å². The highest BCUT2D eigenvalue weighted by molar-refractivity contribution is 7.80. The zero-order valence-corrected chi connectivity index (χ0v) is 17.6. The Balaban J connectivity index is 2.09. The van der Waals surface area contributed by atoms with E-state index in [4.69, 9.17) is 12.2 Å². The Morgan fingerprint density at radius 1 is 1.21 bits per heavy atom. The molecule has 3 aromatic rings. The van der Waals surface area contributed by atoms with Crippen LogP contribution in [0.15, 0.2) is 61.8 Å². The molecule has 4 nitrogen and oxygen atoms in total. The van der Waals surface area contributed by atoms with Crippen molar-refractivity contribution in [2.24, 2.45) is 0 Å². The van der Waals surface area contributed by atoms with E-state index in [1.165, 1.54) is 28.8 Å². The highest BCUT2D eigenvalue weighted by atomic mass is 32.1. The Kier molecular flexibility index (Phi) is 6.44. The van der Waals surface area contributed by atoms with Gasteiger partial charge < -0.3 is 14.8 Å². The third kappa shape index (κ3) is 4.22. The third-order valence-corrected chi connectivity index (χ3v) is 5.39. The molecule has 29 heavy (non-hydrogen) atoms. The van der Waals surface area contributed by atoms with Gasteiger partial charge in [0.1, 0.15) is 5.82 Å². The highest BCUT2D eigenvalue weighted by Gasteiger charge is 2.19. The number of benzene rings is 1. The van der Waals surface area contributed by atoms with Gasteiger partial charge in [-0.25, -0.2) is 4.39 Å². The normalized spacial score (nSPS) is 10.7. The first-order valence-corrected chi connectivity index (χ1v) is 9.84. The summed E-state index contributed by atoms with van der Waals surface area (Å²) in [6.07, 6.45) is 5.46. The molecule has 0 saturated carbocycles. The van der Waals surface area contributed by atoms with Crippen molar-refractivity contribution in [1.29, 1.82) is 0 Å². The molecule has 6 heteroatoms. The van der Waals surface area contributed by atoms with Crippen LogP contribution >= 0.6 is 12.2 Å². The number of anilines is 1. The summed E-state index contributed by atoms with van der Waals surface area (Å²) in [6, 6.07) is 8.34. The summed E-state index contributed by atoms with van der Waals surface area (Å²) in [5.41, 5.74) is 5.18. The molecule has 2 aromatic heterocycles. The molecule has 0 aliphatic carbocycles. The van der Waals surface area contributed by atoms with Crippen LogP contribution in [0, 0.1) is 19.7 Å². The van der Waals surface area contributed by atoms with E-state index in [0.717, 1.165) is 16.9 Å². The maximum atomic E-state index is 13.5. The van der Waals surface area contributed by atoms with Gasteiger partial charge in [-0.3, -0.25) is 4.98 Å². The fourth-order valence-electron chi connectivity index (χ4n) is 3.45. The molecular formula is C23H25FN4S. The van der Waals surface area contributed by atoms with E-state index < -0.39 is 0 Å². The minimum Gasteiger partial charge on any atom is -0.359 e. The second-order valence-corrected chi connectivity index (χ2v) is 7.19. The second-order valence-electron chi connectivity index (χ2n) is 6.80. The van der Waals surface area contributed by atoms with Crippen molar-refractivity contribution in [3.05, 3.63) is 84.6 Å². The molecule has 0 amide bonds. The van der Waals surface area contributed by atoms with Gasteiger partial charge in [0.15, 0.2) is 5.11 Å².